The third-order valence-corrected chi connectivity index (χ3v) is 5.46. The summed E-state index contributed by atoms with van der Waals surface area (Å²) in [7, 11) is 0. The van der Waals surface area contributed by atoms with E-state index in [4.69, 9.17) is 0 Å². The second kappa shape index (κ2) is 6.33. The number of aromatic nitrogens is 3. The summed E-state index contributed by atoms with van der Waals surface area (Å²) in [6.07, 6.45) is 7.03. The highest BCUT2D eigenvalue weighted by molar-refractivity contribution is 7.18. The van der Waals surface area contributed by atoms with Gasteiger partial charge in [-0.1, -0.05) is 17.4 Å². The van der Waals surface area contributed by atoms with E-state index in [1.54, 1.807) is 6.20 Å². The Balaban J connectivity index is 1.35. The van der Waals surface area contributed by atoms with Gasteiger partial charge in [-0.2, -0.15) is 0 Å². The summed E-state index contributed by atoms with van der Waals surface area (Å²) in [5, 5.41) is 15.9. The fraction of sp³-hybridized carbons (Fsp3) is 0.500. The number of carbonyl (C=O) groups is 1. The number of carbonyl (C=O) groups excluding carboxylic acids is 1. The van der Waals surface area contributed by atoms with Gasteiger partial charge in [0.2, 0.25) is 11.0 Å². The summed E-state index contributed by atoms with van der Waals surface area (Å²) in [5.74, 6) is 0.525. The van der Waals surface area contributed by atoms with E-state index < -0.39 is 0 Å². The highest BCUT2D eigenvalue weighted by Crippen LogP contribution is 2.33. The van der Waals surface area contributed by atoms with Crippen LogP contribution in [-0.2, 0) is 4.79 Å². The minimum atomic E-state index is 0.0417. The quantitative estimate of drug-likeness (QED) is 0.901. The van der Waals surface area contributed by atoms with Crippen LogP contribution in [0, 0.1) is 5.92 Å². The maximum atomic E-state index is 12.3. The van der Waals surface area contributed by atoms with Gasteiger partial charge in [0.25, 0.3) is 0 Å². The molecular formula is C16H19N5OS. The van der Waals surface area contributed by atoms with Crippen molar-refractivity contribution in [3.8, 4) is 10.7 Å². The van der Waals surface area contributed by atoms with Crippen molar-refractivity contribution in [3.63, 3.8) is 0 Å². The summed E-state index contributed by atoms with van der Waals surface area (Å²) in [6, 6.07) is 6.89. The second-order valence-corrected chi connectivity index (χ2v) is 7.33. The van der Waals surface area contributed by atoms with Crippen molar-refractivity contribution >= 4 is 22.4 Å². The summed E-state index contributed by atoms with van der Waals surface area (Å²) >= 11 is 1.36. The first kappa shape index (κ1) is 14.7. The molecule has 2 aromatic heterocycles. The lowest BCUT2D eigenvalue weighted by atomic mass is 9.89. The number of nitrogens with zero attached hydrogens (tertiary/aromatic N) is 3. The van der Waals surface area contributed by atoms with Crippen molar-refractivity contribution in [2.24, 2.45) is 5.92 Å². The van der Waals surface area contributed by atoms with Crippen molar-refractivity contribution in [3.05, 3.63) is 24.4 Å². The zero-order valence-electron chi connectivity index (χ0n) is 12.7. The zero-order chi connectivity index (χ0) is 15.6. The molecule has 0 aromatic carbocycles. The number of pyridine rings is 1. The number of nitrogens with one attached hydrogen (secondary N) is 2. The van der Waals surface area contributed by atoms with E-state index in [2.05, 4.69) is 25.8 Å². The predicted octanol–water partition coefficient (Wildman–Crippen LogP) is 2.46. The third-order valence-electron chi connectivity index (χ3n) is 4.60. The molecule has 120 valence electrons. The Morgan fingerprint density at radius 2 is 2.09 bits per heavy atom. The van der Waals surface area contributed by atoms with Crippen LogP contribution in [0.1, 0.15) is 32.1 Å². The van der Waals surface area contributed by atoms with E-state index in [1.165, 1.54) is 24.2 Å². The first-order valence-corrected chi connectivity index (χ1v) is 8.89. The van der Waals surface area contributed by atoms with Gasteiger partial charge in [0, 0.05) is 24.7 Å². The van der Waals surface area contributed by atoms with Crippen LogP contribution in [0.5, 0.6) is 0 Å². The molecule has 0 radical (unpaired) electrons. The van der Waals surface area contributed by atoms with Crippen LogP contribution in [0.25, 0.3) is 10.7 Å². The van der Waals surface area contributed by atoms with E-state index in [0.717, 1.165) is 23.5 Å². The number of rotatable bonds is 4. The average molecular weight is 329 g/mol. The number of amides is 1. The normalized spacial score (nSPS) is 26.2. The molecule has 7 heteroatoms. The molecule has 2 fully saturated rings. The standard InChI is InChI=1S/C16H19N5OS/c22-14(9-10-7-11-4-5-12(8-10)18-11)19-16-21-20-15(23-16)13-3-1-2-6-17-13/h1-3,6,10-12,18H,4-5,7-9H2,(H,19,21,22). The maximum absolute atomic E-state index is 12.3. The monoisotopic (exact) mass is 329 g/mol. The van der Waals surface area contributed by atoms with Crippen LogP contribution < -0.4 is 10.6 Å². The molecule has 2 aromatic rings. The molecule has 4 rings (SSSR count). The van der Waals surface area contributed by atoms with Crippen molar-refractivity contribution in [2.45, 2.75) is 44.2 Å². The Morgan fingerprint density at radius 1 is 1.26 bits per heavy atom. The summed E-state index contributed by atoms with van der Waals surface area (Å²) in [5.41, 5.74) is 0.778. The van der Waals surface area contributed by atoms with Crippen LogP contribution >= 0.6 is 11.3 Å². The molecule has 2 aliphatic heterocycles. The fourth-order valence-electron chi connectivity index (χ4n) is 3.64. The van der Waals surface area contributed by atoms with Crippen molar-refractivity contribution in [1.82, 2.24) is 20.5 Å². The van der Waals surface area contributed by atoms with E-state index >= 15 is 0 Å². The van der Waals surface area contributed by atoms with E-state index in [0.29, 0.717) is 29.6 Å². The number of fused-ring (bicyclic) bond motifs is 2. The first-order valence-electron chi connectivity index (χ1n) is 8.07. The lowest BCUT2D eigenvalue weighted by Gasteiger charge is -2.28. The molecule has 0 saturated carbocycles. The average Bonchev–Trinajstić information content (AvgIpc) is 3.15. The number of piperidine rings is 1. The van der Waals surface area contributed by atoms with Crippen LogP contribution in [-0.4, -0.2) is 33.2 Å². The predicted molar refractivity (Wildman–Crippen MR) is 89.1 cm³/mol. The lowest BCUT2D eigenvalue weighted by molar-refractivity contribution is -0.117. The van der Waals surface area contributed by atoms with Gasteiger partial charge in [0.15, 0.2) is 5.01 Å². The van der Waals surface area contributed by atoms with Crippen LogP contribution in [0.3, 0.4) is 0 Å². The smallest absolute Gasteiger partial charge is 0.226 e. The molecule has 23 heavy (non-hydrogen) atoms. The lowest BCUT2D eigenvalue weighted by Crippen LogP contribution is -2.39. The van der Waals surface area contributed by atoms with Gasteiger partial charge in [-0.25, -0.2) is 0 Å². The molecule has 2 atom stereocenters. The number of hydrogen-bond acceptors (Lipinski definition) is 6. The van der Waals surface area contributed by atoms with Gasteiger partial charge < -0.3 is 10.6 Å². The van der Waals surface area contributed by atoms with Gasteiger partial charge in [0.05, 0.1) is 0 Å². The molecular weight excluding hydrogens is 310 g/mol. The van der Waals surface area contributed by atoms with Gasteiger partial charge >= 0.3 is 0 Å². The summed E-state index contributed by atoms with van der Waals surface area (Å²) < 4.78 is 0. The highest BCUT2D eigenvalue weighted by atomic mass is 32.1. The molecule has 1 amide bonds. The van der Waals surface area contributed by atoms with E-state index in [9.17, 15) is 4.79 Å². The molecule has 0 aliphatic carbocycles. The minimum absolute atomic E-state index is 0.0417. The van der Waals surface area contributed by atoms with Gasteiger partial charge in [-0.3, -0.25) is 9.78 Å². The van der Waals surface area contributed by atoms with E-state index in [-0.39, 0.29) is 5.91 Å². The molecule has 2 bridgehead atoms. The SMILES string of the molecule is O=C(CC1CC2CCC(C1)N2)Nc1nnc(-c2ccccn2)s1. The minimum Gasteiger partial charge on any atom is -0.311 e. The molecule has 2 N–H and O–H groups in total. The van der Waals surface area contributed by atoms with Crippen LogP contribution in [0.4, 0.5) is 5.13 Å². The fourth-order valence-corrected chi connectivity index (χ4v) is 4.38. The maximum Gasteiger partial charge on any atom is 0.226 e. The summed E-state index contributed by atoms with van der Waals surface area (Å²) in [4.78, 5) is 16.5. The van der Waals surface area contributed by atoms with Gasteiger partial charge in [-0.05, 0) is 43.7 Å². The molecule has 2 saturated heterocycles. The Kier molecular flexibility index (Phi) is 4.05. The van der Waals surface area contributed by atoms with E-state index in [1.807, 2.05) is 18.2 Å². The second-order valence-electron chi connectivity index (χ2n) is 6.35. The van der Waals surface area contributed by atoms with Crippen molar-refractivity contribution in [1.29, 1.82) is 0 Å². The van der Waals surface area contributed by atoms with Gasteiger partial charge in [-0.15, -0.1) is 10.2 Å². The Hall–Kier alpha value is -1.86. The van der Waals surface area contributed by atoms with Crippen molar-refractivity contribution in [2.75, 3.05) is 5.32 Å². The van der Waals surface area contributed by atoms with Crippen LogP contribution in [0.15, 0.2) is 24.4 Å². The number of anilines is 1. The highest BCUT2D eigenvalue weighted by Gasteiger charge is 2.34. The van der Waals surface area contributed by atoms with Gasteiger partial charge in [0.1, 0.15) is 5.69 Å². The first-order chi connectivity index (χ1) is 11.3. The Morgan fingerprint density at radius 3 is 2.83 bits per heavy atom. The molecule has 2 unspecified atom stereocenters. The third kappa shape index (κ3) is 3.40. The Labute approximate surface area is 138 Å². The molecule has 0 spiro atoms. The molecule has 6 nitrogen and oxygen atoms in total. The molecule has 4 heterocycles. The van der Waals surface area contributed by atoms with Crippen molar-refractivity contribution < 1.29 is 4.79 Å². The molecule has 2 aliphatic rings. The number of hydrogen-bond donors (Lipinski definition) is 2. The topological polar surface area (TPSA) is 79.8 Å². The zero-order valence-corrected chi connectivity index (χ0v) is 13.6. The Bertz CT molecular complexity index is 677. The van der Waals surface area contributed by atoms with Crippen LogP contribution in [0.2, 0.25) is 0 Å². The largest absolute Gasteiger partial charge is 0.311 e. The summed E-state index contributed by atoms with van der Waals surface area (Å²) in [6.45, 7) is 0.